The number of rotatable bonds is 6. The largest absolute Gasteiger partial charge is 0.395 e. The van der Waals surface area contributed by atoms with Crippen LogP contribution in [-0.2, 0) is 6.42 Å². The van der Waals surface area contributed by atoms with Crippen molar-refractivity contribution in [3.63, 3.8) is 0 Å². The van der Waals surface area contributed by atoms with Gasteiger partial charge in [0.2, 0.25) is 0 Å². The van der Waals surface area contributed by atoms with Crippen molar-refractivity contribution in [2.75, 3.05) is 6.61 Å². The van der Waals surface area contributed by atoms with E-state index in [0.717, 1.165) is 6.42 Å². The van der Waals surface area contributed by atoms with Crippen molar-refractivity contribution in [2.45, 2.75) is 25.4 Å². The Bertz CT molecular complexity index is 411. The van der Waals surface area contributed by atoms with Crippen LogP contribution in [0.3, 0.4) is 0 Å². The Morgan fingerprint density at radius 2 is 2.00 bits per heavy atom. The van der Waals surface area contributed by atoms with Crippen molar-refractivity contribution in [1.29, 1.82) is 0 Å². The molecule has 0 aliphatic carbocycles. The van der Waals surface area contributed by atoms with E-state index in [9.17, 15) is 0 Å². The maximum atomic E-state index is 9.15. The normalized spacial score (nSPS) is 14.7. The highest BCUT2D eigenvalue weighted by Crippen LogP contribution is 2.25. The number of aliphatic hydroxyl groups excluding tert-OH is 1. The van der Waals surface area contributed by atoms with Gasteiger partial charge in [0.05, 0.1) is 6.61 Å². The fraction of sp³-hybridized carbons (Fsp3) is 0.385. The van der Waals surface area contributed by atoms with Crippen molar-refractivity contribution in [3.8, 4) is 0 Å². The van der Waals surface area contributed by atoms with E-state index >= 15 is 0 Å². The standard InChI is InChI=1S/C13H17NOS2/c1-10(9-15)14-12(13-5-3-7-17-13)8-11-4-2-6-16-11/h2-7,10,12,14-15H,8-9H2,1H3/t10-,12?/m1/s1. The van der Waals surface area contributed by atoms with E-state index in [4.69, 9.17) is 5.11 Å². The predicted octanol–water partition coefficient (Wildman–Crippen LogP) is 3.06. The van der Waals surface area contributed by atoms with Crippen molar-refractivity contribution < 1.29 is 5.11 Å². The van der Waals surface area contributed by atoms with E-state index in [-0.39, 0.29) is 12.6 Å². The van der Waals surface area contributed by atoms with E-state index in [0.29, 0.717) is 6.04 Å². The molecule has 0 fully saturated rings. The summed E-state index contributed by atoms with van der Waals surface area (Å²) in [6.45, 7) is 2.18. The lowest BCUT2D eigenvalue weighted by Gasteiger charge is -2.20. The summed E-state index contributed by atoms with van der Waals surface area (Å²) in [5.74, 6) is 0. The summed E-state index contributed by atoms with van der Waals surface area (Å²) in [7, 11) is 0. The third kappa shape index (κ3) is 3.64. The molecule has 2 N–H and O–H groups in total. The van der Waals surface area contributed by atoms with E-state index in [1.807, 2.05) is 6.92 Å². The van der Waals surface area contributed by atoms with Gasteiger partial charge in [-0.2, -0.15) is 0 Å². The molecule has 0 bridgehead atoms. The summed E-state index contributed by atoms with van der Waals surface area (Å²) in [6, 6.07) is 8.91. The topological polar surface area (TPSA) is 32.3 Å². The Morgan fingerprint density at radius 1 is 1.24 bits per heavy atom. The Labute approximate surface area is 110 Å². The highest BCUT2D eigenvalue weighted by atomic mass is 32.1. The Hall–Kier alpha value is -0.680. The summed E-state index contributed by atoms with van der Waals surface area (Å²) in [4.78, 5) is 2.71. The quantitative estimate of drug-likeness (QED) is 0.843. The Morgan fingerprint density at radius 3 is 2.59 bits per heavy atom. The van der Waals surface area contributed by atoms with Gasteiger partial charge in [0, 0.05) is 28.3 Å². The van der Waals surface area contributed by atoms with Crippen molar-refractivity contribution >= 4 is 22.7 Å². The number of aliphatic hydroxyl groups is 1. The molecule has 17 heavy (non-hydrogen) atoms. The highest BCUT2D eigenvalue weighted by molar-refractivity contribution is 7.10. The molecule has 2 heterocycles. The Kier molecular flexibility index (Phi) is 4.74. The summed E-state index contributed by atoms with van der Waals surface area (Å²) >= 11 is 3.55. The van der Waals surface area contributed by atoms with E-state index in [1.54, 1.807) is 22.7 Å². The number of hydrogen-bond donors (Lipinski definition) is 2. The van der Waals surface area contributed by atoms with Gasteiger partial charge in [0.25, 0.3) is 0 Å². The zero-order valence-electron chi connectivity index (χ0n) is 9.80. The summed E-state index contributed by atoms with van der Waals surface area (Å²) in [6.07, 6.45) is 0.989. The fourth-order valence-electron chi connectivity index (χ4n) is 1.76. The minimum atomic E-state index is 0.127. The molecule has 2 aromatic rings. The average Bonchev–Trinajstić information content (AvgIpc) is 3.00. The summed E-state index contributed by atoms with van der Waals surface area (Å²) in [5, 5.41) is 16.8. The second kappa shape index (κ2) is 6.31. The van der Waals surface area contributed by atoms with Crippen LogP contribution in [0.25, 0.3) is 0 Å². The zero-order chi connectivity index (χ0) is 12.1. The molecule has 0 aliphatic heterocycles. The number of thiophene rings is 2. The second-order valence-corrected chi connectivity index (χ2v) is 6.11. The monoisotopic (exact) mass is 267 g/mol. The van der Waals surface area contributed by atoms with Crippen LogP contribution in [0.2, 0.25) is 0 Å². The minimum absolute atomic E-state index is 0.127. The molecule has 0 aromatic carbocycles. The van der Waals surface area contributed by atoms with Crippen LogP contribution >= 0.6 is 22.7 Å². The van der Waals surface area contributed by atoms with Gasteiger partial charge in [-0.3, -0.25) is 0 Å². The first-order valence-corrected chi connectivity index (χ1v) is 7.48. The van der Waals surface area contributed by atoms with Gasteiger partial charge in [-0.15, -0.1) is 22.7 Å². The second-order valence-electron chi connectivity index (χ2n) is 4.10. The maximum absolute atomic E-state index is 9.15. The Balaban J connectivity index is 2.07. The van der Waals surface area contributed by atoms with Gasteiger partial charge in [-0.1, -0.05) is 12.1 Å². The fourth-order valence-corrected chi connectivity index (χ4v) is 3.30. The molecule has 0 saturated heterocycles. The lowest BCUT2D eigenvalue weighted by Crippen LogP contribution is -2.33. The first-order valence-electron chi connectivity index (χ1n) is 5.72. The molecular formula is C13H17NOS2. The van der Waals surface area contributed by atoms with Gasteiger partial charge >= 0.3 is 0 Å². The predicted molar refractivity (Wildman–Crippen MR) is 74.8 cm³/mol. The van der Waals surface area contributed by atoms with E-state index < -0.39 is 0 Å². The molecular weight excluding hydrogens is 250 g/mol. The lowest BCUT2D eigenvalue weighted by molar-refractivity contribution is 0.241. The van der Waals surface area contributed by atoms with Gasteiger partial charge in [-0.25, -0.2) is 0 Å². The molecule has 2 atom stereocenters. The minimum Gasteiger partial charge on any atom is -0.395 e. The summed E-state index contributed by atoms with van der Waals surface area (Å²) < 4.78 is 0. The molecule has 0 spiro atoms. The lowest BCUT2D eigenvalue weighted by atomic mass is 10.1. The molecule has 2 nitrogen and oxygen atoms in total. The van der Waals surface area contributed by atoms with Crippen molar-refractivity contribution in [1.82, 2.24) is 5.32 Å². The van der Waals surface area contributed by atoms with Crippen LogP contribution in [0, 0.1) is 0 Å². The first kappa shape index (κ1) is 12.8. The van der Waals surface area contributed by atoms with Gasteiger partial charge in [0.15, 0.2) is 0 Å². The van der Waals surface area contributed by atoms with Crippen LogP contribution in [0.4, 0.5) is 0 Å². The molecule has 2 rings (SSSR count). The van der Waals surface area contributed by atoms with Crippen LogP contribution in [0.1, 0.15) is 22.7 Å². The average molecular weight is 267 g/mol. The third-order valence-electron chi connectivity index (χ3n) is 2.63. The van der Waals surface area contributed by atoms with Crippen molar-refractivity contribution in [2.24, 2.45) is 0 Å². The maximum Gasteiger partial charge on any atom is 0.0582 e. The molecule has 92 valence electrons. The third-order valence-corrected chi connectivity index (χ3v) is 4.52. The molecule has 0 amide bonds. The van der Waals surface area contributed by atoms with Gasteiger partial charge < -0.3 is 10.4 Å². The van der Waals surface area contributed by atoms with Gasteiger partial charge in [-0.05, 0) is 29.8 Å². The molecule has 2 aromatic heterocycles. The highest BCUT2D eigenvalue weighted by Gasteiger charge is 2.15. The van der Waals surface area contributed by atoms with Crippen LogP contribution < -0.4 is 5.32 Å². The molecule has 0 saturated carbocycles. The first-order chi connectivity index (χ1) is 8.29. The number of hydrogen-bond acceptors (Lipinski definition) is 4. The SMILES string of the molecule is C[C@H](CO)NC(Cc1cccs1)c1cccs1. The molecule has 0 aliphatic rings. The van der Waals surface area contributed by atoms with Gasteiger partial charge in [0.1, 0.15) is 0 Å². The molecule has 1 unspecified atom stereocenters. The van der Waals surface area contributed by atoms with Crippen LogP contribution in [0.15, 0.2) is 35.0 Å². The van der Waals surface area contributed by atoms with Crippen molar-refractivity contribution in [3.05, 3.63) is 44.8 Å². The smallest absolute Gasteiger partial charge is 0.0582 e. The van der Waals surface area contributed by atoms with E-state index in [1.165, 1.54) is 9.75 Å². The molecule has 4 heteroatoms. The molecule has 0 radical (unpaired) electrons. The van der Waals surface area contributed by atoms with Crippen LogP contribution in [-0.4, -0.2) is 17.8 Å². The summed E-state index contributed by atoms with van der Waals surface area (Å²) in [5.41, 5.74) is 0. The zero-order valence-corrected chi connectivity index (χ0v) is 11.4. The van der Waals surface area contributed by atoms with Crippen LogP contribution in [0.5, 0.6) is 0 Å². The van der Waals surface area contributed by atoms with E-state index in [2.05, 4.69) is 40.3 Å². The number of nitrogens with one attached hydrogen (secondary N) is 1.